The van der Waals surface area contributed by atoms with Crippen LogP contribution in [0, 0.1) is 0 Å². The molecule has 0 aliphatic carbocycles. The minimum absolute atomic E-state index is 0.0474. The largest absolute Gasteiger partial charge is 0.423 e. The number of hydrogen-bond donors (Lipinski definition) is 2. The number of aliphatic hydroxyl groups is 2. The molecular weight excluding hydrogens is 276 g/mol. The second-order valence-corrected chi connectivity index (χ2v) is 4.10. The molecule has 1 unspecified atom stereocenters. The van der Waals surface area contributed by atoms with Crippen LogP contribution in [0.4, 0.5) is 0 Å². The van der Waals surface area contributed by atoms with Gasteiger partial charge in [0, 0.05) is 5.39 Å². The first-order valence-electron chi connectivity index (χ1n) is 4.65. The third-order valence-corrected chi connectivity index (χ3v) is 3.10. The normalized spacial score (nSPS) is 12.9. The Labute approximate surface area is 99.3 Å². The van der Waals surface area contributed by atoms with Crippen molar-refractivity contribution in [2.45, 2.75) is 6.10 Å². The number of hydrogen-bond acceptors (Lipinski definition) is 4. The van der Waals surface area contributed by atoms with Gasteiger partial charge in [-0.3, -0.25) is 0 Å². The molecule has 0 aliphatic rings. The summed E-state index contributed by atoms with van der Waals surface area (Å²) in [4.78, 5) is 11.6. The zero-order chi connectivity index (χ0) is 11.7. The lowest BCUT2D eigenvalue weighted by molar-refractivity contribution is 0.0744. The molecule has 0 amide bonds. The van der Waals surface area contributed by atoms with E-state index in [0.717, 1.165) is 0 Å². The smallest absolute Gasteiger partial charge is 0.343 e. The van der Waals surface area contributed by atoms with Crippen molar-refractivity contribution in [2.24, 2.45) is 0 Å². The van der Waals surface area contributed by atoms with Crippen LogP contribution in [0.5, 0.6) is 0 Å². The number of rotatable bonds is 2. The summed E-state index contributed by atoms with van der Waals surface area (Å²) in [7, 11) is 0. The predicted molar refractivity (Wildman–Crippen MR) is 62.2 cm³/mol. The lowest BCUT2D eigenvalue weighted by atomic mass is 10.1. The highest BCUT2D eigenvalue weighted by Gasteiger charge is 2.17. The second kappa shape index (κ2) is 4.37. The van der Waals surface area contributed by atoms with Gasteiger partial charge in [-0.1, -0.05) is 18.2 Å². The van der Waals surface area contributed by atoms with Crippen LogP contribution in [-0.2, 0) is 0 Å². The lowest BCUT2D eigenvalue weighted by Gasteiger charge is -2.09. The molecule has 0 spiro atoms. The van der Waals surface area contributed by atoms with Crippen LogP contribution in [0.25, 0.3) is 10.8 Å². The molecule has 2 rings (SSSR count). The summed E-state index contributed by atoms with van der Waals surface area (Å²) >= 11 is 3.25. The van der Waals surface area contributed by atoms with E-state index in [1.54, 1.807) is 24.3 Å². The summed E-state index contributed by atoms with van der Waals surface area (Å²) in [6.45, 7) is -0.500. The molecule has 2 N–H and O–H groups in total. The van der Waals surface area contributed by atoms with Gasteiger partial charge < -0.3 is 14.6 Å². The van der Waals surface area contributed by atoms with Crippen LogP contribution >= 0.6 is 15.9 Å². The fraction of sp³-hybridized carbons (Fsp3) is 0.182. The Morgan fingerprint density at radius 2 is 1.94 bits per heavy atom. The van der Waals surface area contributed by atoms with Crippen molar-refractivity contribution in [1.29, 1.82) is 0 Å². The molecule has 2 aromatic rings. The summed E-state index contributed by atoms with van der Waals surface area (Å²) in [5.74, 6) is 0.0474. The van der Waals surface area contributed by atoms with Crippen LogP contribution in [0.2, 0.25) is 0 Å². The maximum atomic E-state index is 11.6. The summed E-state index contributed by atoms with van der Waals surface area (Å²) in [5.41, 5.74) is -0.527. The fourth-order valence-corrected chi connectivity index (χ4v) is 2.17. The minimum Gasteiger partial charge on any atom is -0.423 e. The molecule has 1 aromatic carbocycles. The summed E-state index contributed by atoms with van der Waals surface area (Å²) in [6.07, 6.45) is -1.20. The lowest BCUT2D eigenvalue weighted by Crippen LogP contribution is -2.09. The van der Waals surface area contributed by atoms with Crippen molar-refractivity contribution < 1.29 is 14.6 Å². The molecule has 0 aliphatic heterocycles. The molecule has 5 heteroatoms. The van der Waals surface area contributed by atoms with Gasteiger partial charge in [-0.05, 0) is 22.0 Å². The van der Waals surface area contributed by atoms with Crippen LogP contribution in [-0.4, -0.2) is 16.8 Å². The number of aliphatic hydroxyl groups excluding tert-OH is 2. The highest BCUT2D eigenvalue weighted by Crippen LogP contribution is 2.29. The maximum absolute atomic E-state index is 11.6. The van der Waals surface area contributed by atoms with Crippen LogP contribution in [0.15, 0.2) is 37.9 Å². The van der Waals surface area contributed by atoms with Crippen molar-refractivity contribution in [3.05, 3.63) is 44.9 Å². The average Bonchev–Trinajstić information content (AvgIpc) is 2.33. The quantitative estimate of drug-likeness (QED) is 0.879. The van der Waals surface area contributed by atoms with E-state index in [4.69, 9.17) is 9.52 Å². The molecule has 0 radical (unpaired) electrons. The Hall–Kier alpha value is -1.17. The Balaban J connectivity index is 2.80. The van der Waals surface area contributed by atoms with Gasteiger partial charge in [-0.2, -0.15) is 0 Å². The summed E-state index contributed by atoms with van der Waals surface area (Å²) in [6, 6.07) is 6.89. The van der Waals surface area contributed by atoms with Crippen molar-refractivity contribution >= 4 is 26.7 Å². The van der Waals surface area contributed by atoms with E-state index in [0.29, 0.717) is 15.2 Å². The Morgan fingerprint density at radius 3 is 2.56 bits per heavy atom. The molecule has 1 heterocycles. The van der Waals surface area contributed by atoms with Crippen molar-refractivity contribution in [3.8, 4) is 0 Å². The Kier molecular flexibility index (Phi) is 3.09. The van der Waals surface area contributed by atoms with Crippen LogP contribution in [0.3, 0.4) is 0 Å². The zero-order valence-corrected chi connectivity index (χ0v) is 9.77. The molecular formula is C11H9BrO4. The molecule has 4 nitrogen and oxygen atoms in total. The van der Waals surface area contributed by atoms with Gasteiger partial charge in [0.2, 0.25) is 0 Å². The van der Waals surface area contributed by atoms with E-state index in [1.165, 1.54) is 0 Å². The van der Waals surface area contributed by atoms with Gasteiger partial charge in [0.25, 0.3) is 0 Å². The van der Waals surface area contributed by atoms with Gasteiger partial charge in [0.1, 0.15) is 6.10 Å². The molecule has 0 saturated heterocycles. The van der Waals surface area contributed by atoms with Gasteiger partial charge in [0.15, 0.2) is 5.76 Å². The average molecular weight is 285 g/mol. The highest BCUT2D eigenvalue weighted by atomic mass is 79.9. The third-order valence-electron chi connectivity index (χ3n) is 2.28. The third kappa shape index (κ3) is 1.77. The molecule has 1 atom stereocenters. The summed E-state index contributed by atoms with van der Waals surface area (Å²) in [5, 5.41) is 19.4. The van der Waals surface area contributed by atoms with Crippen LogP contribution < -0.4 is 5.63 Å². The first-order valence-corrected chi connectivity index (χ1v) is 5.44. The number of benzene rings is 1. The van der Waals surface area contributed by atoms with E-state index in [-0.39, 0.29) is 5.76 Å². The molecule has 1 aromatic heterocycles. The van der Waals surface area contributed by atoms with Crippen molar-refractivity contribution in [3.63, 3.8) is 0 Å². The molecule has 84 valence electrons. The molecule has 0 saturated carbocycles. The first-order chi connectivity index (χ1) is 7.65. The Bertz CT molecular complexity index is 576. The van der Waals surface area contributed by atoms with E-state index < -0.39 is 18.3 Å². The minimum atomic E-state index is -1.20. The van der Waals surface area contributed by atoms with Crippen molar-refractivity contribution in [2.75, 3.05) is 6.61 Å². The van der Waals surface area contributed by atoms with Gasteiger partial charge in [-0.15, -0.1) is 0 Å². The molecule has 0 bridgehead atoms. The SMILES string of the molecule is O=c1oc(C(O)CO)c(Br)c2ccccc12. The Morgan fingerprint density at radius 1 is 1.31 bits per heavy atom. The topological polar surface area (TPSA) is 70.7 Å². The first kappa shape index (κ1) is 11.3. The number of fused-ring (bicyclic) bond motifs is 1. The highest BCUT2D eigenvalue weighted by molar-refractivity contribution is 9.10. The van der Waals surface area contributed by atoms with Crippen LogP contribution in [0.1, 0.15) is 11.9 Å². The fourth-order valence-electron chi connectivity index (χ4n) is 1.48. The monoisotopic (exact) mass is 284 g/mol. The van der Waals surface area contributed by atoms with Gasteiger partial charge >= 0.3 is 5.63 Å². The summed E-state index contributed by atoms with van der Waals surface area (Å²) < 4.78 is 5.45. The standard InChI is InChI=1S/C11H9BrO4/c12-9-6-3-1-2-4-7(6)11(15)16-10(9)8(14)5-13/h1-4,8,13-14H,5H2. The predicted octanol–water partition coefficient (Wildman–Crippen LogP) is 1.58. The van der Waals surface area contributed by atoms with Gasteiger partial charge in [0.05, 0.1) is 16.5 Å². The van der Waals surface area contributed by atoms with Crippen molar-refractivity contribution in [1.82, 2.24) is 0 Å². The van der Waals surface area contributed by atoms with E-state index in [2.05, 4.69) is 15.9 Å². The molecule has 16 heavy (non-hydrogen) atoms. The van der Waals surface area contributed by atoms with E-state index >= 15 is 0 Å². The zero-order valence-electron chi connectivity index (χ0n) is 8.18. The van der Waals surface area contributed by atoms with E-state index in [1.807, 2.05) is 0 Å². The second-order valence-electron chi connectivity index (χ2n) is 3.31. The molecule has 0 fully saturated rings. The van der Waals surface area contributed by atoms with Gasteiger partial charge in [-0.25, -0.2) is 4.79 Å². The number of halogens is 1. The maximum Gasteiger partial charge on any atom is 0.343 e. The van der Waals surface area contributed by atoms with E-state index in [9.17, 15) is 9.90 Å².